The lowest BCUT2D eigenvalue weighted by Gasteiger charge is -2.35. The van der Waals surface area contributed by atoms with Crippen LogP contribution in [-0.4, -0.2) is 17.2 Å². The molecular weight excluding hydrogens is 705 g/mol. The van der Waals surface area contributed by atoms with Crippen molar-refractivity contribution in [2.75, 3.05) is 0 Å². The Labute approximate surface area is 333 Å². The van der Waals surface area contributed by atoms with Crippen LogP contribution in [0.25, 0.3) is 66.1 Å². The summed E-state index contributed by atoms with van der Waals surface area (Å²) in [6.07, 6.45) is 0. The second-order valence-electron chi connectivity index (χ2n) is 14.8. The van der Waals surface area contributed by atoms with Gasteiger partial charge in [-0.2, -0.15) is 0 Å². The van der Waals surface area contributed by atoms with Crippen LogP contribution in [0, 0.1) is 0 Å². The van der Waals surface area contributed by atoms with Gasteiger partial charge in [0.25, 0.3) is 0 Å². The van der Waals surface area contributed by atoms with Crippen molar-refractivity contribution in [2.24, 2.45) is 0 Å². The summed E-state index contributed by atoms with van der Waals surface area (Å²) in [5.41, 5.74) is 9.59. The molecule has 0 spiro atoms. The SMILES string of the molecule is c1ccc(-c2cccc3c4cccc([Si](c5ccccc5)(c5ccccc5)c5ccccc5)c4n(-c4ccc5c(c4)c4ccccc4n5-c4ccccc4)c23)cc1. The van der Waals surface area contributed by atoms with Crippen LogP contribution in [-0.2, 0) is 0 Å². The summed E-state index contributed by atoms with van der Waals surface area (Å²) in [5.74, 6) is 0. The van der Waals surface area contributed by atoms with E-state index >= 15 is 0 Å². The average Bonchev–Trinajstić information content (AvgIpc) is 3.82. The maximum Gasteiger partial charge on any atom is 0.181 e. The predicted octanol–water partition coefficient (Wildman–Crippen LogP) is 10.9. The van der Waals surface area contributed by atoms with E-state index in [1.54, 1.807) is 0 Å². The van der Waals surface area contributed by atoms with Crippen molar-refractivity contribution in [2.45, 2.75) is 0 Å². The highest BCUT2D eigenvalue weighted by atomic mass is 28.3. The van der Waals surface area contributed by atoms with Crippen molar-refractivity contribution < 1.29 is 0 Å². The van der Waals surface area contributed by atoms with E-state index in [4.69, 9.17) is 0 Å². The van der Waals surface area contributed by atoms with Gasteiger partial charge in [0.05, 0.1) is 22.1 Å². The summed E-state index contributed by atoms with van der Waals surface area (Å²) in [4.78, 5) is 0. The fourth-order valence-electron chi connectivity index (χ4n) is 9.51. The first-order chi connectivity index (χ1) is 28.3. The molecule has 0 fully saturated rings. The van der Waals surface area contributed by atoms with E-state index in [0.29, 0.717) is 0 Å². The maximum atomic E-state index is 2.60. The lowest BCUT2D eigenvalue weighted by molar-refractivity contribution is 1.17. The van der Waals surface area contributed by atoms with Crippen LogP contribution < -0.4 is 20.7 Å². The van der Waals surface area contributed by atoms with Gasteiger partial charge < -0.3 is 9.13 Å². The van der Waals surface area contributed by atoms with Gasteiger partial charge in [-0.25, -0.2) is 0 Å². The van der Waals surface area contributed by atoms with Gasteiger partial charge in [-0.3, -0.25) is 0 Å². The van der Waals surface area contributed by atoms with E-state index in [9.17, 15) is 0 Å². The number of benzene rings is 9. The molecule has 0 saturated carbocycles. The van der Waals surface area contributed by atoms with Crippen LogP contribution >= 0.6 is 0 Å². The number of nitrogens with zero attached hydrogens (tertiary/aromatic N) is 2. The molecule has 3 heteroatoms. The average molecular weight is 743 g/mol. The van der Waals surface area contributed by atoms with E-state index in [2.05, 4.69) is 240 Å². The molecule has 9 aromatic carbocycles. The zero-order chi connectivity index (χ0) is 37.8. The molecule has 268 valence electrons. The normalized spacial score (nSPS) is 11.9. The van der Waals surface area contributed by atoms with Crippen LogP contribution in [0.4, 0.5) is 0 Å². The second kappa shape index (κ2) is 13.5. The summed E-state index contributed by atoms with van der Waals surface area (Å²) >= 11 is 0. The van der Waals surface area contributed by atoms with Crippen molar-refractivity contribution >= 4 is 72.4 Å². The minimum absolute atomic E-state index is 1.14. The Morgan fingerprint density at radius 3 is 1.42 bits per heavy atom. The van der Waals surface area contributed by atoms with E-state index in [-0.39, 0.29) is 0 Å². The van der Waals surface area contributed by atoms with Gasteiger partial charge in [-0.15, -0.1) is 0 Å². The lowest BCUT2D eigenvalue weighted by atomic mass is 10.0. The summed E-state index contributed by atoms with van der Waals surface area (Å²) < 4.78 is 5.01. The highest BCUT2D eigenvalue weighted by Crippen LogP contribution is 2.40. The zero-order valence-electron chi connectivity index (χ0n) is 31.3. The van der Waals surface area contributed by atoms with Crippen molar-refractivity contribution in [1.82, 2.24) is 9.13 Å². The molecule has 0 saturated heterocycles. The second-order valence-corrected chi connectivity index (χ2v) is 18.6. The number of para-hydroxylation sites is 4. The Morgan fingerprint density at radius 2 is 0.789 bits per heavy atom. The van der Waals surface area contributed by atoms with Crippen LogP contribution in [0.2, 0.25) is 0 Å². The van der Waals surface area contributed by atoms with E-state index in [1.807, 2.05) is 0 Å². The lowest BCUT2D eigenvalue weighted by Crippen LogP contribution is -2.75. The summed E-state index contributed by atoms with van der Waals surface area (Å²) in [5, 5.41) is 10.4. The Kier molecular flexibility index (Phi) is 7.87. The molecule has 2 heterocycles. The van der Waals surface area contributed by atoms with Gasteiger partial charge in [-0.05, 0) is 62.7 Å². The summed E-state index contributed by atoms with van der Waals surface area (Å²) in [6, 6.07) is 85.3. The van der Waals surface area contributed by atoms with Crippen LogP contribution in [0.5, 0.6) is 0 Å². The molecule has 57 heavy (non-hydrogen) atoms. The van der Waals surface area contributed by atoms with Gasteiger partial charge in [0.1, 0.15) is 0 Å². The number of rotatable bonds is 7. The van der Waals surface area contributed by atoms with Crippen LogP contribution in [0.3, 0.4) is 0 Å². The molecule has 0 bridgehead atoms. The maximum absolute atomic E-state index is 2.95. The Morgan fingerprint density at radius 1 is 0.298 bits per heavy atom. The molecular formula is C54H38N2Si. The minimum atomic E-state index is -2.95. The van der Waals surface area contributed by atoms with E-state index in [1.165, 1.54) is 75.5 Å². The molecule has 0 aliphatic heterocycles. The van der Waals surface area contributed by atoms with Crippen LogP contribution in [0.1, 0.15) is 0 Å². The third-order valence-corrected chi connectivity index (χ3v) is 16.7. The largest absolute Gasteiger partial charge is 0.309 e. The van der Waals surface area contributed by atoms with Crippen molar-refractivity contribution in [1.29, 1.82) is 0 Å². The fourth-order valence-corrected chi connectivity index (χ4v) is 14.5. The molecule has 0 N–H and O–H groups in total. The molecule has 2 aromatic heterocycles. The molecule has 11 rings (SSSR count). The molecule has 2 nitrogen and oxygen atoms in total. The van der Waals surface area contributed by atoms with E-state index < -0.39 is 8.07 Å². The quantitative estimate of drug-likeness (QED) is 0.114. The topological polar surface area (TPSA) is 9.86 Å². The highest BCUT2D eigenvalue weighted by Gasteiger charge is 2.43. The van der Waals surface area contributed by atoms with Gasteiger partial charge in [0, 0.05) is 38.5 Å². The fraction of sp³-hybridized carbons (Fsp3) is 0. The monoisotopic (exact) mass is 742 g/mol. The van der Waals surface area contributed by atoms with Gasteiger partial charge in [0.15, 0.2) is 8.07 Å². The third kappa shape index (κ3) is 5.10. The molecule has 0 aliphatic carbocycles. The van der Waals surface area contributed by atoms with Crippen molar-refractivity contribution in [3.8, 4) is 22.5 Å². The highest BCUT2D eigenvalue weighted by molar-refractivity contribution is 7.20. The van der Waals surface area contributed by atoms with E-state index in [0.717, 1.165) is 11.4 Å². The first kappa shape index (κ1) is 33.2. The summed E-state index contributed by atoms with van der Waals surface area (Å²) in [7, 11) is -2.95. The number of hydrogen-bond acceptors (Lipinski definition) is 0. The number of hydrogen-bond donors (Lipinski definition) is 0. The molecule has 0 aliphatic rings. The zero-order valence-corrected chi connectivity index (χ0v) is 32.3. The Balaban J connectivity index is 1.33. The molecule has 0 amide bonds. The van der Waals surface area contributed by atoms with Crippen LogP contribution in [0.15, 0.2) is 231 Å². The first-order valence-electron chi connectivity index (χ1n) is 19.7. The van der Waals surface area contributed by atoms with Crippen molar-refractivity contribution in [3.63, 3.8) is 0 Å². The van der Waals surface area contributed by atoms with Gasteiger partial charge in [-0.1, -0.05) is 194 Å². The molecule has 0 atom stereocenters. The third-order valence-electron chi connectivity index (χ3n) is 11.8. The van der Waals surface area contributed by atoms with Gasteiger partial charge >= 0.3 is 0 Å². The number of fused-ring (bicyclic) bond motifs is 6. The van der Waals surface area contributed by atoms with Crippen molar-refractivity contribution in [3.05, 3.63) is 231 Å². The molecule has 11 aromatic rings. The minimum Gasteiger partial charge on any atom is -0.309 e. The Hall–Kier alpha value is -7.20. The smallest absolute Gasteiger partial charge is 0.181 e. The predicted molar refractivity (Wildman–Crippen MR) is 244 cm³/mol. The molecule has 0 radical (unpaired) electrons. The van der Waals surface area contributed by atoms with Gasteiger partial charge in [0.2, 0.25) is 0 Å². The standard InChI is InChI=1S/C54H38N2Si/c1-6-20-39(21-7-1)45-31-18-32-47-48-33-19-35-52(57(42-24-10-3-11-25-42,43-26-12-4-13-27-43)44-28-14-5-15-29-44)54(48)56(53(45)47)41-36-37-51-49(38-41)46-30-16-17-34-50(46)55(51)40-22-8-2-9-23-40/h1-38H. The number of aromatic nitrogens is 2. The summed E-state index contributed by atoms with van der Waals surface area (Å²) in [6.45, 7) is 0. The first-order valence-corrected chi connectivity index (χ1v) is 21.7. The molecule has 0 unspecified atom stereocenters. The Bertz CT molecular complexity index is 3110.